The molecular formula is C13H22N2O. The smallest absolute Gasteiger partial charge is 0.105 e. The molecular weight excluding hydrogens is 200 g/mol. The van der Waals surface area contributed by atoms with Gasteiger partial charge in [0.1, 0.15) is 11.5 Å². The molecule has 90 valence electrons. The van der Waals surface area contributed by atoms with E-state index in [-0.39, 0.29) is 0 Å². The average molecular weight is 222 g/mol. The molecule has 16 heavy (non-hydrogen) atoms. The Hall–Kier alpha value is -0.800. The van der Waals surface area contributed by atoms with Crippen LogP contribution in [-0.2, 0) is 0 Å². The molecule has 2 rings (SSSR count). The summed E-state index contributed by atoms with van der Waals surface area (Å²) in [5.41, 5.74) is 7.05. The van der Waals surface area contributed by atoms with Crippen molar-refractivity contribution < 1.29 is 4.42 Å². The SMILES string of the molecule is Cc1cc(C(C)N2CCC(CN)C2)c(C)o1. The first-order valence-corrected chi connectivity index (χ1v) is 6.13. The molecule has 0 aliphatic carbocycles. The Bertz CT molecular complexity index is 359. The van der Waals surface area contributed by atoms with Gasteiger partial charge in [0, 0.05) is 18.2 Å². The van der Waals surface area contributed by atoms with Crippen molar-refractivity contribution in [3.8, 4) is 0 Å². The minimum absolute atomic E-state index is 0.453. The molecule has 2 heterocycles. The highest BCUT2D eigenvalue weighted by molar-refractivity contribution is 5.23. The maximum Gasteiger partial charge on any atom is 0.105 e. The van der Waals surface area contributed by atoms with Crippen LogP contribution in [0.5, 0.6) is 0 Å². The molecule has 3 heteroatoms. The number of rotatable bonds is 3. The molecule has 0 aromatic carbocycles. The summed E-state index contributed by atoms with van der Waals surface area (Å²) in [5, 5.41) is 0. The molecule has 1 saturated heterocycles. The molecule has 2 unspecified atom stereocenters. The molecule has 1 aliphatic heterocycles. The van der Waals surface area contributed by atoms with Gasteiger partial charge in [-0.15, -0.1) is 0 Å². The third-order valence-electron chi connectivity index (χ3n) is 3.73. The highest BCUT2D eigenvalue weighted by Crippen LogP contribution is 2.30. The van der Waals surface area contributed by atoms with Crippen LogP contribution in [0.3, 0.4) is 0 Å². The lowest BCUT2D eigenvalue weighted by atomic mass is 10.1. The average Bonchev–Trinajstić information content (AvgIpc) is 2.84. The van der Waals surface area contributed by atoms with E-state index in [1.807, 2.05) is 6.92 Å². The summed E-state index contributed by atoms with van der Waals surface area (Å²) < 4.78 is 5.60. The Labute approximate surface area is 97.6 Å². The van der Waals surface area contributed by atoms with Crippen molar-refractivity contribution in [1.29, 1.82) is 0 Å². The van der Waals surface area contributed by atoms with Gasteiger partial charge in [-0.1, -0.05) is 0 Å². The monoisotopic (exact) mass is 222 g/mol. The fourth-order valence-corrected chi connectivity index (χ4v) is 2.67. The van der Waals surface area contributed by atoms with Gasteiger partial charge < -0.3 is 10.2 Å². The third kappa shape index (κ3) is 2.15. The first kappa shape index (κ1) is 11.7. The summed E-state index contributed by atoms with van der Waals surface area (Å²) in [4.78, 5) is 2.51. The maximum atomic E-state index is 5.72. The molecule has 1 aliphatic rings. The van der Waals surface area contributed by atoms with E-state index in [1.165, 1.54) is 12.0 Å². The fraction of sp³-hybridized carbons (Fsp3) is 0.692. The molecule has 2 N–H and O–H groups in total. The zero-order valence-electron chi connectivity index (χ0n) is 10.5. The second-order valence-electron chi connectivity index (χ2n) is 4.93. The molecule has 1 aromatic rings. The van der Waals surface area contributed by atoms with Crippen LogP contribution in [-0.4, -0.2) is 24.5 Å². The van der Waals surface area contributed by atoms with Gasteiger partial charge in [0.05, 0.1) is 0 Å². The van der Waals surface area contributed by atoms with Crippen molar-refractivity contribution >= 4 is 0 Å². The number of aryl methyl sites for hydroxylation is 2. The van der Waals surface area contributed by atoms with Crippen LogP contribution >= 0.6 is 0 Å². The number of hydrogen-bond acceptors (Lipinski definition) is 3. The Morgan fingerprint density at radius 1 is 1.56 bits per heavy atom. The van der Waals surface area contributed by atoms with E-state index in [0.29, 0.717) is 12.0 Å². The van der Waals surface area contributed by atoms with Crippen LogP contribution in [0.4, 0.5) is 0 Å². The van der Waals surface area contributed by atoms with E-state index < -0.39 is 0 Å². The van der Waals surface area contributed by atoms with Crippen LogP contribution in [0.2, 0.25) is 0 Å². The van der Waals surface area contributed by atoms with E-state index in [1.54, 1.807) is 0 Å². The first-order chi connectivity index (χ1) is 7.61. The number of nitrogens with two attached hydrogens (primary N) is 1. The van der Waals surface area contributed by atoms with Crippen molar-refractivity contribution in [3.05, 3.63) is 23.2 Å². The standard InChI is InChI=1S/C13H22N2O/c1-9-6-13(11(3)16-9)10(2)15-5-4-12(7-14)8-15/h6,10,12H,4-5,7-8,14H2,1-3H3. The molecule has 0 spiro atoms. The summed E-state index contributed by atoms with van der Waals surface area (Å²) in [5.74, 6) is 2.74. The molecule has 1 fully saturated rings. The van der Waals surface area contributed by atoms with Crippen LogP contribution in [0.1, 0.15) is 36.5 Å². The van der Waals surface area contributed by atoms with Crippen LogP contribution < -0.4 is 5.73 Å². The second kappa shape index (κ2) is 4.60. The van der Waals surface area contributed by atoms with Gasteiger partial charge in [-0.25, -0.2) is 0 Å². The highest BCUT2D eigenvalue weighted by Gasteiger charge is 2.27. The maximum absolute atomic E-state index is 5.72. The fourth-order valence-electron chi connectivity index (χ4n) is 2.67. The normalized spacial score (nSPS) is 23.9. The van der Waals surface area contributed by atoms with Crippen molar-refractivity contribution in [2.45, 2.75) is 33.2 Å². The van der Waals surface area contributed by atoms with Crippen molar-refractivity contribution in [2.24, 2.45) is 11.7 Å². The molecule has 3 nitrogen and oxygen atoms in total. The van der Waals surface area contributed by atoms with E-state index in [2.05, 4.69) is 24.8 Å². The Morgan fingerprint density at radius 3 is 2.81 bits per heavy atom. The summed E-state index contributed by atoms with van der Waals surface area (Å²) in [6, 6.07) is 2.62. The van der Waals surface area contributed by atoms with E-state index >= 15 is 0 Å². The summed E-state index contributed by atoms with van der Waals surface area (Å²) in [7, 11) is 0. The van der Waals surface area contributed by atoms with Crippen molar-refractivity contribution in [1.82, 2.24) is 4.90 Å². The molecule has 0 amide bonds. The zero-order chi connectivity index (χ0) is 11.7. The van der Waals surface area contributed by atoms with Crippen LogP contribution in [0.25, 0.3) is 0 Å². The Kier molecular flexibility index (Phi) is 3.36. The lowest BCUT2D eigenvalue weighted by Crippen LogP contribution is -2.26. The van der Waals surface area contributed by atoms with Gasteiger partial charge in [-0.2, -0.15) is 0 Å². The van der Waals surface area contributed by atoms with E-state index in [9.17, 15) is 0 Å². The minimum atomic E-state index is 0.453. The second-order valence-corrected chi connectivity index (χ2v) is 4.93. The number of nitrogens with zero attached hydrogens (tertiary/aromatic N) is 1. The molecule has 0 bridgehead atoms. The van der Waals surface area contributed by atoms with Crippen molar-refractivity contribution in [2.75, 3.05) is 19.6 Å². The number of likely N-dealkylation sites (tertiary alicyclic amines) is 1. The van der Waals surface area contributed by atoms with Gasteiger partial charge in [0.2, 0.25) is 0 Å². The lowest BCUT2D eigenvalue weighted by molar-refractivity contribution is 0.251. The molecule has 1 aromatic heterocycles. The van der Waals surface area contributed by atoms with Gasteiger partial charge in [-0.05, 0) is 52.3 Å². The molecule has 0 radical (unpaired) electrons. The Morgan fingerprint density at radius 2 is 2.31 bits per heavy atom. The van der Waals surface area contributed by atoms with Crippen molar-refractivity contribution in [3.63, 3.8) is 0 Å². The molecule has 2 atom stereocenters. The third-order valence-corrected chi connectivity index (χ3v) is 3.73. The predicted octanol–water partition coefficient (Wildman–Crippen LogP) is 2.24. The van der Waals surface area contributed by atoms with Gasteiger partial charge in [0.15, 0.2) is 0 Å². The molecule has 0 saturated carbocycles. The topological polar surface area (TPSA) is 42.4 Å². The summed E-state index contributed by atoms with van der Waals surface area (Å²) in [6.45, 7) is 9.42. The predicted molar refractivity (Wildman–Crippen MR) is 65.3 cm³/mol. The lowest BCUT2D eigenvalue weighted by Gasteiger charge is -2.23. The van der Waals surface area contributed by atoms with Gasteiger partial charge in [-0.3, -0.25) is 4.90 Å². The minimum Gasteiger partial charge on any atom is -0.466 e. The van der Waals surface area contributed by atoms with Crippen LogP contribution in [0, 0.1) is 19.8 Å². The summed E-state index contributed by atoms with van der Waals surface area (Å²) in [6.07, 6.45) is 1.23. The highest BCUT2D eigenvalue weighted by atomic mass is 16.3. The quantitative estimate of drug-likeness (QED) is 0.853. The van der Waals surface area contributed by atoms with Gasteiger partial charge >= 0.3 is 0 Å². The summed E-state index contributed by atoms with van der Waals surface area (Å²) >= 11 is 0. The van der Waals surface area contributed by atoms with Gasteiger partial charge in [0.25, 0.3) is 0 Å². The first-order valence-electron chi connectivity index (χ1n) is 6.13. The number of furan rings is 1. The number of hydrogen-bond donors (Lipinski definition) is 1. The largest absolute Gasteiger partial charge is 0.466 e. The van der Waals surface area contributed by atoms with E-state index in [0.717, 1.165) is 31.2 Å². The van der Waals surface area contributed by atoms with E-state index in [4.69, 9.17) is 10.2 Å². The zero-order valence-corrected chi connectivity index (χ0v) is 10.5. The van der Waals surface area contributed by atoms with Crippen LogP contribution in [0.15, 0.2) is 10.5 Å². The Balaban J connectivity index is 2.08.